The number of carbonyl (C=O) groups is 1. The monoisotopic (exact) mass is 427 g/mol. The van der Waals surface area contributed by atoms with Gasteiger partial charge in [-0.15, -0.1) is 6.42 Å². The summed E-state index contributed by atoms with van der Waals surface area (Å²) in [4.78, 5) is 13.8. The number of hydrogen-bond acceptors (Lipinski definition) is 5. The van der Waals surface area contributed by atoms with Crippen LogP contribution in [0, 0.1) is 23.7 Å². The van der Waals surface area contributed by atoms with Crippen LogP contribution in [0.5, 0.6) is 5.75 Å². The second-order valence-corrected chi connectivity index (χ2v) is 7.27. The Morgan fingerprint density at radius 3 is 2.78 bits per heavy atom. The number of nitriles is 1. The lowest BCUT2D eigenvalue weighted by atomic mass is 10.1. The number of nitrogens with two attached hydrogens (primary N) is 1. The fourth-order valence-electron chi connectivity index (χ4n) is 3.66. The van der Waals surface area contributed by atoms with Crippen molar-refractivity contribution in [3.63, 3.8) is 0 Å². The number of ether oxygens (including phenoxy) is 1. The summed E-state index contributed by atoms with van der Waals surface area (Å²) in [6, 6.07) is 9.32. The first-order valence-electron chi connectivity index (χ1n) is 10.3. The summed E-state index contributed by atoms with van der Waals surface area (Å²) in [6.45, 7) is 6.57. The Kier molecular flexibility index (Phi) is 7.15. The van der Waals surface area contributed by atoms with Gasteiger partial charge in [-0.25, -0.2) is 4.68 Å². The van der Waals surface area contributed by atoms with Crippen LogP contribution in [0.3, 0.4) is 0 Å². The number of nitrogens with zero attached hydrogens (tertiary/aromatic N) is 4. The molecule has 1 fully saturated rings. The number of hydrogen-bond donors (Lipinski definition) is 1. The molecule has 7 nitrogen and oxygen atoms in total. The Morgan fingerprint density at radius 2 is 2.16 bits per heavy atom. The van der Waals surface area contributed by atoms with Crippen molar-refractivity contribution in [2.75, 3.05) is 18.8 Å². The van der Waals surface area contributed by atoms with Crippen molar-refractivity contribution in [2.45, 2.75) is 25.8 Å². The number of amides is 1. The predicted molar refractivity (Wildman–Crippen MR) is 124 cm³/mol. The number of aromatic nitrogens is 2. The lowest BCUT2D eigenvalue weighted by molar-refractivity contribution is -0.127. The van der Waals surface area contributed by atoms with E-state index >= 15 is 0 Å². The van der Waals surface area contributed by atoms with Gasteiger partial charge in [0.2, 0.25) is 5.91 Å². The number of piperidine rings is 1. The highest BCUT2D eigenvalue weighted by Crippen LogP contribution is 2.32. The highest BCUT2D eigenvalue weighted by molar-refractivity contribution is 5.87. The largest absolute Gasteiger partial charge is 0.458 e. The van der Waals surface area contributed by atoms with Crippen LogP contribution in [0.1, 0.15) is 31.4 Å². The van der Waals surface area contributed by atoms with E-state index in [0.29, 0.717) is 41.7 Å². The molecule has 1 saturated heterocycles. The van der Waals surface area contributed by atoms with Crippen LogP contribution in [0.4, 0.5) is 5.82 Å². The maximum absolute atomic E-state index is 12.0. The fraction of sp³-hybridized carbons (Fsp3) is 0.240. The highest BCUT2D eigenvalue weighted by Gasteiger charge is 2.28. The molecule has 32 heavy (non-hydrogen) atoms. The lowest BCUT2D eigenvalue weighted by Crippen LogP contribution is -2.40. The average Bonchev–Trinajstić information content (AvgIpc) is 3.17. The number of carbonyl (C=O) groups excluding carboxylic acids is 1. The molecule has 0 bridgehead atoms. The summed E-state index contributed by atoms with van der Waals surface area (Å²) in [5.41, 5.74) is 7.86. The summed E-state index contributed by atoms with van der Waals surface area (Å²) in [6.07, 6.45) is 13.3. The molecule has 2 N–H and O–H groups in total. The van der Waals surface area contributed by atoms with Crippen molar-refractivity contribution >= 4 is 11.7 Å². The van der Waals surface area contributed by atoms with Gasteiger partial charge in [0.25, 0.3) is 0 Å². The molecule has 0 spiro atoms. The SMILES string of the molecule is C#C/C=C\C(=C/C)Oc1ccc(-c2nn([C@@H]3CCCN(C(=O)C=C)C3)c(N)c2C#N)cc1. The molecule has 162 valence electrons. The zero-order chi connectivity index (χ0) is 23.1. The summed E-state index contributed by atoms with van der Waals surface area (Å²) in [5.74, 6) is 3.86. The van der Waals surface area contributed by atoms with E-state index < -0.39 is 0 Å². The number of likely N-dealkylation sites (tertiary alicyclic amines) is 1. The zero-order valence-corrected chi connectivity index (χ0v) is 18.0. The molecule has 3 rings (SSSR count). The maximum Gasteiger partial charge on any atom is 0.246 e. The zero-order valence-electron chi connectivity index (χ0n) is 18.0. The minimum Gasteiger partial charge on any atom is -0.458 e. The molecule has 7 heteroatoms. The fourth-order valence-corrected chi connectivity index (χ4v) is 3.66. The van der Waals surface area contributed by atoms with Crippen molar-refractivity contribution in [1.82, 2.24) is 14.7 Å². The van der Waals surface area contributed by atoms with E-state index in [2.05, 4.69) is 23.7 Å². The Morgan fingerprint density at radius 1 is 1.41 bits per heavy atom. The van der Waals surface area contributed by atoms with Crippen molar-refractivity contribution in [3.8, 4) is 35.4 Å². The third-order valence-electron chi connectivity index (χ3n) is 5.28. The summed E-state index contributed by atoms with van der Waals surface area (Å²) < 4.78 is 7.47. The van der Waals surface area contributed by atoms with E-state index in [4.69, 9.17) is 16.9 Å². The standard InChI is InChI=1S/C25H25N5O2/c1-4-7-10-20(5-2)32-21-13-11-18(12-14-21)24-22(16-26)25(27)30(28-24)19-9-8-15-29(17-19)23(31)6-3/h1,5-7,10-14,19H,3,8-9,15,17,27H2,2H3/b10-7-,20-5+/t19-/m1/s1. The van der Waals surface area contributed by atoms with Gasteiger partial charge in [0.1, 0.15) is 34.7 Å². The number of terminal acetylenes is 1. The van der Waals surface area contributed by atoms with Gasteiger partial charge in [-0.2, -0.15) is 10.4 Å². The van der Waals surface area contributed by atoms with Crippen LogP contribution in [0.2, 0.25) is 0 Å². The van der Waals surface area contributed by atoms with Crippen molar-refractivity contribution < 1.29 is 9.53 Å². The second-order valence-electron chi connectivity index (χ2n) is 7.27. The van der Waals surface area contributed by atoms with Crippen LogP contribution < -0.4 is 10.5 Å². The Labute approximate surface area is 188 Å². The number of rotatable bonds is 6. The molecule has 2 aromatic rings. The molecular weight excluding hydrogens is 402 g/mol. The highest BCUT2D eigenvalue weighted by atomic mass is 16.5. The molecule has 0 radical (unpaired) electrons. The quantitative estimate of drug-likeness (QED) is 0.327. The molecule has 0 saturated carbocycles. The van der Waals surface area contributed by atoms with Crippen LogP contribution in [-0.2, 0) is 4.79 Å². The van der Waals surface area contributed by atoms with Gasteiger partial charge in [0.05, 0.1) is 6.04 Å². The molecule has 2 heterocycles. The van der Waals surface area contributed by atoms with E-state index in [0.717, 1.165) is 18.4 Å². The molecule has 1 aromatic heterocycles. The van der Waals surface area contributed by atoms with Gasteiger partial charge in [-0.3, -0.25) is 4.79 Å². The van der Waals surface area contributed by atoms with Crippen LogP contribution in [-0.4, -0.2) is 33.7 Å². The van der Waals surface area contributed by atoms with Crippen LogP contribution in [0.15, 0.2) is 60.9 Å². The molecule has 1 aliphatic rings. The van der Waals surface area contributed by atoms with Crippen LogP contribution in [0.25, 0.3) is 11.3 Å². The molecule has 1 atom stereocenters. The van der Waals surface area contributed by atoms with Gasteiger partial charge in [-0.05, 0) is 68.3 Å². The number of benzene rings is 1. The van der Waals surface area contributed by atoms with Crippen molar-refractivity contribution in [3.05, 3.63) is 66.5 Å². The van der Waals surface area contributed by atoms with Gasteiger partial charge in [0.15, 0.2) is 0 Å². The summed E-state index contributed by atoms with van der Waals surface area (Å²) in [7, 11) is 0. The van der Waals surface area contributed by atoms with Crippen molar-refractivity contribution in [2.24, 2.45) is 0 Å². The molecule has 1 aromatic carbocycles. The van der Waals surface area contributed by atoms with E-state index in [1.165, 1.54) is 6.08 Å². The first-order valence-corrected chi connectivity index (χ1v) is 10.3. The number of anilines is 1. The Balaban J connectivity index is 1.87. The summed E-state index contributed by atoms with van der Waals surface area (Å²) >= 11 is 0. The molecular formula is C25H25N5O2. The van der Waals surface area contributed by atoms with Crippen LogP contribution >= 0.6 is 0 Å². The van der Waals surface area contributed by atoms with Gasteiger partial charge in [-0.1, -0.05) is 12.5 Å². The summed E-state index contributed by atoms with van der Waals surface area (Å²) in [5, 5.41) is 14.4. The third-order valence-corrected chi connectivity index (χ3v) is 5.28. The van der Waals surface area contributed by atoms with Gasteiger partial charge < -0.3 is 15.4 Å². The first kappa shape index (κ1) is 22.5. The van der Waals surface area contributed by atoms with Crippen molar-refractivity contribution in [1.29, 1.82) is 5.26 Å². The minimum absolute atomic E-state index is 0.101. The van der Waals surface area contributed by atoms with E-state index in [9.17, 15) is 10.1 Å². The maximum atomic E-state index is 12.0. The molecule has 0 unspecified atom stereocenters. The van der Waals surface area contributed by atoms with E-state index in [1.807, 2.05) is 25.1 Å². The molecule has 1 amide bonds. The van der Waals surface area contributed by atoms with E-state index in [1.54, 1.807) is 33.9 Å². The topological polar surface area (TPSA) is 97.2 Å². The smallest absolute Gasteiger partial charge is 0.246 e. The van der Waals surface area contributed by atoms with Gasteiger partial charge in [0, 0.05) is 18.7 Å². The predicted octanol–water partition coefficient (Wildman–Crippen LogP) is 3.83. The molecule has 0 aliphatic carbocycles. The second kappa shape index (κ2) is 10.2. The minimum atomic E-state index is -0.116. The molecule has 1 aliphatic heterocycles. The first-order chi connectivity index (χ1) is 15.5. The Hall–Kier alpha value is -4.23. The number of allylic oxidation sites excluding steroid dienone is 3. The lowest BCUT2D eigenvalue weighted by Gasteiger charge is -2.32. The average molecular weight is 428 g/mol. The van der Waals surface area contributed by atoms with Gasteiger partial charge >= 0.3 is 0 Å². The normalized spacial score (nSPS) is 16.4. The van der Waals surface area contributed by atoms with E-state index in [-0.39, 0.29) is 11.9 Å². The number of nitrogen functional groups attached to an aromatic ring is 1. The third kappa shape index (κ3) is 4.74. The Bertz CT molecular complexity index is 1140.